The molecule has 0 aromatic carbocycles. The third-order valence-corrected chi connectivity index (χ3v) is 2.10. The number of hydrogen-bond acceptors (Lipinski definition) is 8. The molecule has 0 aromatic heterocycles. The Labute approximate surface area is 115 Å². The van der Waals surface area contributed by atoms with Crippen LogP contribution in [0.4, 0.5) is 0 Å². The highest BCUT2D eigenvalue weighted by Gasteiger charge is 1.96. The molecule has 0 spiro atoms. The SMILES string of the molecule is C1C[NH2+]CCN1.C1C[NH2+]CCN1.O=[N+]([O-])[O-].O=[N+]([O-])[O-]. The molecule has 2 aliphatic rings. The molecule has 0 amide bonds. The van der Waals surface area contributed by atoms with Gasteiger partial charge in [0, 0.05) is 26.2 Å². The molecule has 2 heterocycles. The maximum Gasteiger partial charge on any atom is 0.0882 e. The number of nitrogens with one attached hydrogen (secondary N) is 2. The maximum absolute atomic E-state index is 8.25. The quantitative estimate of drug-likeness (QED) is 0.255. The topological polar surface area (TPSA) is 190 Å². The molecule has 0 aromatic rings. The summed E-state index contributed by atoms with van der Waals surface area (Å²) in [4.78, 5) is 16.5. The van der Waals surface area contributed by atoms with Crippen molar-refractivity contribution in [1.29, 1.82) is 0 Å². The van der Waals surface area contributed by atoms with Crippen LogP contribution < -0.4 is 21.3 Å². The Morgan fingerprint density at radius 3 is 0.900 bits per heavy atom. The van der Waals surface area contributed by atoms with Gasteiger partial charge in [-0.25, -0.2) is 0 Å². The van der Waals surface area contributed by atoms with Crippen LogP contribution in [0.1, 0.15) is 0 Å². The van der Waals surface area contributed by atoms with Crippen molar-refractivity contribution in [3.05, 3.63) is 30.6 Å². The highest BCUT2D eigenvalue weighted by atomic mass is 16.9. The fraction of sp³-hybridized carbons (Fsp3) is 1.00. The Morgan fingerprint density at radius 2 is 0.850 bits per heavy atom. The Bertz CT molecular complexity index is 180. The lowest BCUT2D eigenvalue weighted by atomic mass is 10.4. The lowest BCUT2D eigenvalue weighted by molar-refractivity contribution is -0.657. The van der Waals surface area contributed by atoms with Crippen LogP contribution in [0, 0.1) is 30.6 Å². The van der Waals surface area contributed by atoms with Gasteiger partial charge in [-0.3, -0.25) is 0 Å². The number of rotatable bonds is 0. The molecule has 2 fully saturated rings. The van der Waals surface area contributed by atoms with E-state index in [2.05, 4.69) is 21.3 Å². The van der Waals surface area contributed by atoms with Crippen molar-refractivity contribution in [1.82, 2.24) is 10.6 Å². The van der Waals surface area contributed by atoms with E-state index in [4.69, 9.17) is 30.6 Å². The Kier molecular flexibility index (Phi) is 17.7. The fourth-order valence-corrected chi connectivity index (χ4v) is 1.36. The number of hydrogen-bond donors (Lipinski definition) is 4. The van der Waals surface area contributed by atoms with Gasteiger partial charge in [0.2, 0.25) is 0 Å². The highest BCUT2D eigenvalue weighted by Crippen LogP contribution is 1.55. The molecular weight excluding hydrogens is 276 g/mol. The van der Waals surface area contributed by atoms with E-state index in [1.165, 1.54) is 52.4 Å². The minimum absolute atomic E-state index is 1.19. The minimum atomic E-state index is -1.75. The van der Waals surface area contributed by atoms with Crippen LogP contribution in [0.3, 0.4) is 0 Å². The van der Waals surface area contributed by atoms with Crippen LogP contribution in [-0.4, -0.2) is 62.5 Å². The van der Waals surface area contributed by atoms with E-state index in [0.29, 0.717) is 0 Å². The first-order chi connectivity index (χ1) is 9.46. The van der Waals surface area contributed by atoms with E-state index < -0.39 is 10.2 Å². The molecule has 0 saturated carbocycles. The van der Waals surface area contributed by atoms with Crippen LogP contribution in [0.25, 0.3) is 0 Å². The molecule has 0 bridgehead atoms. The molecular formula is C8H22N6O6. The van der Waals surface area contributed by atoms with Crippen LogP contribution in [0.2, 0.25) is 0 Å². The van der Waals surface area contributed by atoms with Crippen LogP contribution >= 0.6 is 0 Å². The summed E-state index contributed by atoms with van der Waals surface area (Å²) in [6.45, 7) is 9.83. The molecule has 2 saturated heterocycles. The largest absolute Gasteiger partial charge is 0.356 e. The van der Waals surface area contributed by atoms with E-state index >= 15 is 0 Å². The van der Waals surface area contributed by atoms with Gasteiger partial charge in [0.25, 0.3) is 0 Å². The predicted molar refractivity (Wildman–Crippen MR) is 69.8 cm³/mol. The first kappa shape index (κ1) is 20.6. The molecule has 20 heavy (non-hydrogen) atoms. The maximum atomic E-state index is 8.25. The van der Waals surface area contributed by atoms with Gasteiger partial charge >= 0.3 is 0 Å². The second-order valence-electron chi connectivity index (χ2n) is 3.68. The molecule has 12 nitrogen and oxygen atoms in total. The van der Waals surface area contributed by atoms with Crippen molar-refractivity contribution < 1.29 is 20.8 Å². The molecule has 2 aliphatic heterocycles. The average Bonchev–Trinajstić information content (AvgIpc) is 2.42. The lowest BCUT2D eigenvalue weighted by Gasteiger charge is -2.07. The van der Waals surface area contributed by atoms with Gasteiger partial charge in [-0.2, -0.15) is 0 Å². The van der Waals surface area contributed by atoms with Gasteiger partial charge in [-0.05, 0) is 0 Å². The zero-order valence-corrected chi connectivity index (χ0v) is 11.2. The van der Waals surface area contributed by atoms with Crippen LogP contribution in [0.15, 0.2) is 0 Å². The Balaban J connectivity index is 0. The average molecular weight is 298 g/mol. The molecule has 2 rings (SSSR count). The van der Waals surface area contributed by atoms with E-state index in [1.807, 2.05) is 0 Å². The summed E-state index contributed by atoms with van der Waals surface area (Å²) in [7, 11) is 0. The van der Waals surface area contributed by atoms with E-state index in [1.54, 1.807) is 0 Å². The summed E-state index contributed by atoms with van der Waals surface area (Å²) in [5.41, 5.74) is 0. The first-order valence-electron chi connectivity index (χ1n) is 6.14. The third-order valence-electron chi connectivity index (χ3n) is 2.10. The summed E-state index contributed by atoms with van der Waals surface area (Å²) in [5.74, 6) is 0. The summed E-state index contributed by atoms with van der Waals surface area (Å²) < 4.78 is 0. The first-order valence-corrected chi connectivity index (χ1v) is 6.14. The Hall–Kier alpha value is -1.76. The van der Waals surface area contributed by atoms with Crippen molar-refractivity contribution in [2.75, 3.05) is 52.4 Å². The zero-order chi connectivity index (χ0) is 15.6. The summed E-state index contributed by atoms with van der Waals surface area (Å²) in [5, 5.41) is 40.7. The highest BCUT2D eigenvalue weighted by molar-refractivity contribution is 4.45. The van der Waals surface area contributed by atoms with Crippen LogP contribution in [0.5, 0.6) is 0 Å². The summed E-state index contributed by atoms with van der Waals surface area (Å²) in [6.07, 6.45) is 0. The standard InChI is InChI=1S/2C4H10N2.2NO3/c2*1-2-6-4-3-5-1;2*2-1(3)4/h2*5-6H,1-4H2;;/q;;2*-1/p+2. The Morgan fingerprint density at radius 1 is 0.650 bits per heavy atom. The van der Waals surface area contributed by atoms with Crippen molar-refractivity contribution in [2.24, 2.45) is 0 Å². The van der Waals surface area contributed by atoms with E-state index in [-0.39, 0.29) is 0 Å². The van der Waals surface area contributed by atoms with Crippen molar-refractivity contribution in [2.45, 2.75) is 0 Å². The monoisotopic (exact) mass is 298 g/mol. The van der Waals surface area contributed by atoms with Gasteiger partial charge < -0.3 is 51.9 Å². The van der Waals surface area contributed by atoms with Gasteiger partial charge in [0.15, 0.2) is 0 Å². The summed E-state index contributed by atoms with van der Waals surface area (Å²) >= 11 is 0. The smallest absolute Gasteiger partial charge is 0.0882 e. The zero-order valence-electron chi connectivity index (χ0n) is 11.2. The summed E-state index contributed by atoms with van der Waals surface area (Å²) in [6, 6.07) is 0. The van der Waals surface area contributed by atoms with Crippen molar-refractivity contribution in [3.8, 4) is 0 Å². The second kappa shape index (κ2) is 17.2. The fourth-order valence-electron chi connectivity index (χ4n) is 1.36. The van der Waals surface area contributed by atoms with E-state index in [0.717, 1.165) is 0 Å². The third kappa shape index (κ3) is 36.0. The second-order valence-corrected chi connectivity index (χ2v) is 3.68. The normalized spacial score (nSPS) is 16.8. The molecule has 6 N–H and O–H groups in total. The molecule has 0 atom stereocenters. The van der Waals surface area contributed by atoms with E-state index in [9.17, 15) is 0 Å². The van der Waals surface area contributed by atoms with Crippen molar-refractivity contribution in [3.63, 3.8) is 0 Å². The molecule has 0 radical (unpaired) electrons. The van der Waals surface area contributed by atoms with Gasteiger partial charge in [-0.1, -0.05) is 0 Å². The minimum Gasteiger partial charge on any atom is -0.356 e. The molecule has 12 heteroatoms. The molecule has 0 unspecified atom stereocenters. The number of nitrogens with two attached hydrogens (primary N) is 2. The van der Waals surface area contributed by atoms with Crippen LogP contribution in [-0.2, 0) is 0 Å². The van der Waals surface area contributed by atoms with Gasteiger partial charge in [0.1, 0.15) is 0 Å². The van der Waals surface area contributed by atoms with Gasteiger partial charge in [0.05, 0.1) is 36.4 Å². The number of nitrogens with zero attached hydrogens (tertiary/aromatic N) is 2. The predicted octanol–water partition coefficient (Wildman–Crippen LogP) is -4.17. The molecule has 0 aliphatic carbocycles. The molecule has 120 valence electrons. The lowest BCUT2D eigenvalue weighted by Crippen LogP contribution is -2.89. The van der Waals surface area contributed by atoms with Gasteiger partial charge in [-0.15, -0.1) is 0 Å². The van der Waals surface area contributed by atoms with Crippen molar-refractivity contribution >= 4 is 0 Å². The number of quaternary nitrogens is 2. The number of piperazine rings is 2.